The molecule has 0 unspecified atom stereocenters. The Hall–Kier alpha value is -2.77. The third-order valence-electron chi connectivity index (χ3n) is 4.01. The van der Waals surface area contributed by atoms with Crippen molar-refractivity contribution in [3.8, 4) is 38.7 Å². The number of nitrogens with two attached hydrogens (primary N) is 1. The molecule has 0 radical (unpaired) electrons. The van der Waals surface area contributed by atoms with Crippen molar-refractivity contribution in [2.24, 2.45) is 5.73 Å². The standard InChI is InChI=1S/C20H18ClFN4O3S/c1-2-28-17-4-3-11(5-12(17)8-23)19-25-26-20(30-19)14-6-16(22)18(7-15(14)21)29-10-13(24)9-27/h3-7,13,27H,2,9-10,24H2,1H3/t13-/m0/s1. The summed E-state index contributed by atoms with van der Waals surface area (Å²) < 4.78 is 25.1. The molecule has 0 saturated heterocycles. The zero-order valence-electron chi connectivity index (χ0n) is 15.9. The molecule has 3 aromatic rings. The summed E-state index contributed by atoms with van der Waals surface area (Å²) in [5.41, 5.74) is 7.00. The quantitative estimate of drug-likeness (QED) is 0.540. The minimum absolute atomic E-state index is 0.0506. The fourth-order valence-corrected chi connectivity index (χ4v) is 3.70. The summed E-state index contributed by atoms with van der Waals surface area (Å²) in [5.74, 6) is -0.207. The van der Waals surface area contributed by atoms with Crippen LogP contribution in [0.4, 0.5) is 4.39 Å². The molecule has 3 N–H and O–H groups in total. The molecule has 0 aliphatic rings. The Morgan fingerprint density at radius 2 is 2.00 bits per heavy atom. The van der Waals surface area contributed by atoms with Crippen LogP contribution in [0.2, 0.25) is 5.02 Å². The second kappa shape index (κ2) is 9.82. The van der Waals surface area contributed by atoms with E-state index in [0.717, 1.165) is 0 Å². The molecule has 0 aliphatic heterocycles. The van der Waals surface area contributed by atoms with Gasteiger partial charge < -0.3 is 20.3 Å². The van der Waals surface area contributed by atoms with Crippen molar-refractivity contribution in [2.75, 3.05) is 19.8 Å². The number of benzene rings is 2. The van der Waals surface area contributed by atoms with Gasteiger partial charge in [0.25, 0.3) is 0 Å². The van der Waals surface area contributed by atoms with Crippen LogP contribution in [0.1, 0.15) is 12.5 Å². The van der Waals surface area contributed by atoms with Crippen molar-refractivity contribution in [1.29, 1.82) is 5.26 Å². The van der Waals surface area contributed by atoms with Crippen LogP contribution < -0.4 is 15.2 Å². The third-order valence-corrected chi connectivity index (χ3v) is 5.33. The zero-order valence-corrected chi connectivity index (χ0v) is 17.5. The van der Waals surface area contributed by atoms with E-state index in [-0.39, 0.29) is 24.0 Å². The average Bonchev–Trinajstić information content (AvgIpc) is 3.24. The van der Waals surface area contributed by atoms with E-state index in [0.29, 0.717) is 39.1 Å². The fraction of sp³-hybridized carbons (Fsp3) is 0.250. The molecule has 0 aliphatic carbocycles. The fourth-order valence-electron chi connectivity index (χ4n) is 2.53. The Morgan fingerprint density at radius 3 is 2.70 bits per heavy atom. The average molecular weight is 449 g/mol. The number of halogens is 2. The van der Waals surface area contributed by atoms with Crippen molar-refractivity contribution < 1.29 is 19.0 Å². The number of aromatic nitrogens is 2. The summed E-state index contributed by atoms with van der Waals surface area (Å²) >= 11 is 7.51. The van der Waals surface area contributed by atoms with Crippen LogP contribution in [0.25, 0.3) is 21.1 Å². The van der Waals surface area contributed by atoms with E-state index in [1.807, 2.05) is 6.92 Å². The second-order valence-corrected chi connectivity index (χ2v) is 7.57. The molecular formula is C20H18ClFN4O3S. The molecule has 1 atom stereocenters. The van der Waals surface area contributed by atoms with Gasteiger partial charge >= 0.3 is 0 Å². The van der Waals surface area contributed by atoms with E-state index in [9.17, 15) is 9.65 Å². The van der Waals surface area contributed by atoms with Crippen molar-refractivity contribution in [3.63, 3.8) is 0 Å². The zero-order chi connectivity index (χ0) is 21.7. The van der Waals surface area contributed by atoms with Crippen LogP contribution in [0.15, 0.2) is 30.3 Å². The molecule has 0 saturated carbocycles. The maximum Gasteiger partial charge on any atom is 0.165 e. The summed E-state index contributed by atoms with van der Waals surface area (Å²) in [6, 6.07) is 9.17. The Morgan fingerprint density at radius 1 is 1.23 bits per heavy atom. The van der Waals surface area contributed by atoms with E-state index in [1.54, 1.807) is 18.2 Å². The van der Waals surface area contributed by atoms with Gasteiger partial charge in [0.15, 0.2) is 11.6 Å². The number of aliphatic hydroxyl groups excluding tert-OH is 1. The lowest BCUT2D eigenvalue weighted by Gasteiger charge is -2.12. The van der Waals surface area contributed by atoms with Gasteiger partial charge in [0.1, 0.15) is 28.4 Å². The lowest BCUT2D eigenvalue weighted by Crippen LogP contribution is -2.31. The second-order valence-electron chi connectivity index (χ2n) is 6.18. The van der Waals surface area contributed by atoms with Gasteiger partial charge in [-0.3, -0.25) is 0 Å². The molecule has 0 bridgehead atoms. The largest absolute Gasteiger partial charge is 0.492 e. The smallest absolute Gasteiger partial charge is 0.165 e. The highest BCUT2D eigenvalue weighted by Gasteiger charge is 2.17. The maximum atomic E-state index is 14.4. The number of nitriles is 1. The molecule has 30 heavy (non-hydrogen) atoms. The van der Waals surface area contributed by atoms with Gasteiger partial charge in [-0.2, -0.15) is 5.26 Å². The van der Waals surface area contributed by atoms with E-state index in [1.165, 1.54) is 23.5 Å². The van der Waals surface area contributed by atoms with Crippen LogP contribution in [-0.4, -0.2) is 41.2 Å². The number of rotatable bonds is 8. The third kappa shape index (κ3) is 4.86. The Balaban J connectivity index is 1.87. The molecule has 10 heteroatoms. The highest BCUT2D eigenvalue weighted by molar-refractivity contribution is 7.18. The van der Waals surface area contributed by atoms with Gasteiger partial charge in [0.05, 0.1) is 29.8 Å². The minimum Gasteiger partial charge on any atom is -0.492 e. The first-order valence-corrected chi connectivity index (χ1v) is 10.2. The topological polar surface area (TPSA) is 114 Å². The summed E-state index contributed by atoms with van der Waals surface area (Å²) in [7, 11) is 0. The SMILES string of the molecule is CCOc1ccc(-c2nnc(-c3cc(F)c(OC[C@@H](N)CO)cc3Cl)s2)cc1C#N. The molecule has 3 rings (SSSR count). The monoisotopic (exact) mass is 448 g/mol. The molecular weight excluding hydrogens is 431 g/mol. The Kier molecular flexibility index (Phi) is 7.18. The van der Waals surface area contributed by atoms with Crippen LogP contribution in [0.5, 0.6) is 11.5 Å². The van der Waals surface area contributed by atoms with E-state index < -0.39 is 11.9 Å². The maximum absolute atomic E-state index is 14.4. The van der Waals surface area contributed by atoms with Gasteiger partial charge in [-0.1, -0.05) is 22.9 Å². The normalized spacial score (nSPS) is 11.7. The lowest BCUT2D eigenvalue weighted by atomic mass is 10.1. The minimum atomic E-state index is -0.635. The van der Waals surface area contributed by atoms with Gasteiger partial charge in [0.2, 0.25) is 0 Å². The Bertz CT molecular complexity index is 1090. The van der Waals surface area contributed by atoms with Crippen molar-refractivity contribution >= 4 is 22.9 Å². The van der Waals surface area contributed by atoms with Crippen LogP contribution in [0, 0.1) is 17.1 Å². The first kappa shape index (κ1) is 21.9. The first-order chi connectivity index (χ1) is 14.5. The van der Waals surface area contributed by atoms with Crippen LogP contribution in [0.3, 0.4) is 0 Å². The summed E-state index contributed by atoms with van der Waals surface area (Å²) in [4.78, 5) is 0. The molecule has 1 aromatic heterocycles. The molecule has 1 heterocycles. The molecule has 0 spiro atoms. The predicted molar refractivity (Wildman–Crippen MR) is 112 cm³/mol. The van der Waals surface area contributed by atoms with Crippen molar-refractivity contribution in [2.45, 2.75) is 13.0 Å². The first-order valence-electron chi connectivity index (χ1n) is 8.96. The number of hydrogen-bond acceptors (Lipinski definition) is 8. The molecule has 0 fully saturated rings. The van der Waals surface area contributed by atoms with E-state index in [4.69, 9.17) is 31.9 Å². The molecule has 156 valence electrons. The van der Waals surface area contributed by atoms with Crippen molar-refractivity contribution in [1.82, 2.24) is 10.2 Å². The molecule has 0 amide bonds. The summed E-state index contributed by atoms with van der Waals surface area (Å²) in [6.45, 7) is 1.96. The van der Waals surface area contributed by atoms with E-state index in [2.05, 4.69) is 16.3 Å². The highest BCUT2D eigenvalue weighted by Crippen LogP contribution is 2.37. The van der Waals surface area contributed by atoms with Gasteiger partial charge in [-0.05, 0) is 31.2 Å². The summed E-state index contributed by atoms with van der Waals surface area (Å²) in [6.07, 6.45) is 0. The Labute approximate surface area is 181 Å². The number of ether oxygens (including phenoxy) is 2. The lowest BCUT2D eigenvalue weighted by molar-refractivity contribution is 0.202. The summed E-state index contributed by atoms with van der Waals surface area (Å²) in [5, 5.41) is 27.7. The molecule has 2 aromatic carbocycles. The van der Waals surface area contributed by atoms with Gasteiger partial charge in [-0.25, -0.2) is 4.39 Å². The number of aliphatic hydroxyl groups is 1. The van der Waals surface area contributed by atoms with Crippen LogP contribution in [-0.2, 0) is 0 Å². The molecule has 7 nitrogen and oxygen atoms in total. The highest BCUT2D eigenvalue weighted by atomic mass is 35.5. The van der Waals surface area contributed by atoms with Gasteiger partial charge in [-0.15, -0.1) is 10.2 Å². The van der Waals surface area contributed by atoms with Crippen molar-refractivity contribution in [3.05, 3.63) is 46.7 Å². The predicted octanol–water partition coefficient (Wildman–Crippen LogP) is 3.63. The number of nitrogens with zero attached hydrogens (tertiary/aromatic N) is 3. The van der Waals surface area contributed by atoms with Gasteiger partial charge in [0, 0.05) is 17.2 Å². The van der Waals surface area contributed by atoms with E-state index >= 15 is 0 Å². The number of hydrogen-bond donors (Lipinski definition) is 2. The van der Waals surface area contributed by atoms with Crippen LogP contribution >= 0.6 is 22.9 Å².